The lowest BCUT2D eigenvalue weighted by molar-refractivity contribution is 0.128. The molecule has 0 aliphatic heterocycles. The van der Waals surface area contributed by atoms with Crippen LogP contribution in [0.2, 0.25) is 0 Å². The number of terminal acetylenes is 1. The van der Waals surface area contributed by atoms with Crippen LogP contribution in [0.5, 0.6) is 0 Å². The van der Waals surface area contributed by atoms with E-state index in [-0.39, 0.29) is 6.54 Å². The van der Waals surface area contributed by atoms with E-state index in [0.29, 0.717) is 6.42 Å². The molecule has 1 atom stereocenters. The van der Waals surface area contributed by atoms with Crippen molar-refractivity contribution in [2.24, 2.45) is 5.73 Å². The Labute approximate surface area is 104 Å². The number of carbonyl (C=O) groups is 1. The summed E-state index contributed by atoms with van der Waals surface area (Å²) in [6.45, 7) is 2.21. The van der Waals surface area contributed by atoms with Crippen molar-refractivity contribution in [3.8, 4) is 22.4 Å². The average molecular weight is 320 g/mol. The van der Waals surface area contributed by atoms with Gasteiger partial charge in [0, 0.05) is 22.6 Å². The standard InChI is InChI=1S/C10H13IN2O2/c1-3-6-9(12)13(8-5-7-11)10(14)15-4-2/h2,9H,3,6,8,12H2,1H3. The number of carbonyl (C=O) groups excluding carboxylic acids is 1. The molecule has 0 aromatic heterocycles. The Bertz CT molecular complexity index is 301. The molecule has 0 radical (unpaired) electrons. The van der Waals surface area contributed by atoms with Crippen molar-refractivity contribution in [3.63, 3.8) is 0 Å². The van der Waals surface area contributed by atoms with Crippen LogP contribution in [-0.4, -0.2) is 23.7 Å². The molecular weight excluding hydrogens is 307 g/mol. The maximum Gasteiger partial charge on any atom is 0.425 e. The van der Waals surface area contributed by atoms with Gasteiger partial charge < -0.3 is 10.5 Å². The lowest BCUT2D eigenvalue weighted by Gasteiger charge is -2.24. The summed E-state index contributed by atoms with van der Waals surface area (Å²) >= 11 is 1.89. The number of nitrogens with zero attached hydrogens (tertiary/aromatic N) is 1. The van der Waals surface area contributed by atoms with Gasteiger partial charge in [-0.2, -0.15) is 0 Å². The third-order valence-corrected chi connectivity index (χ3v) is 2.06. The van der Waals surface area contributed by atoms with Gasteiger partial charge in [-0.25, -0.2) is 4.79 Å². The SMILES string of the molecule is C#COC(=O)N(CC#CI)C(N)CCC. The highest BCUT2D eigenvalue weighted by atomic mass is 127. The molecule has 2 N–H and O–H groups in total. The number of halogens is 1. The number of ether oxygens (including phenoxy) is 1. The smallest absolute Gasteiger partial charge is 0.356 e. The molecule has 0 saturated carbocycles. The molecular formula is C10H13IN2O2. The van der Waals surface area contributed by atoms with Crippen LogP contribution in [0.4, 0.5) is 4.79 Å². The van der Waals surface area contributed by atoms with Crippen molar-refractivity contribution in [1.29, 1.82) is 0 Å². The normalized spacial score (nSPS) is 10.5. The van der Waals surface area contributed by atoms with Crippen LogP contribution in [0.1, 0.15) is 19.8 Å². The Hall–Kier alpha value is -0.920. The fourth-order valence-corrected chi connectivity index (χ4v) is 1.16. The van der Waals surface area contributed by atoms with Crippen LogP contribution < -0.4 is 5.73 Å². The molecule has 0 rings (SSSR count). The van der Waals surface area contributed by atoms with Crippen molar-refractivity contribution in [2.45, 2.75) is 25.9 Å². The second-order valence-electron chi connectivity index (χ2n) is 2.74. The zero-order valence-electron chi connectivity index (χ0n) is 8.50. The minimum Gasteiger partial charge on any atom is -0.356 e. The predicted octanol–water partition coefficient (Wildman–Crippen LogP) is 1.50. The summed E-state index contributed by atoms with van der Waals surface area (Å²) in [6, 6.07) is 0. The lowest BCUT2D eigenvalue weighted by Crippen LogP contribution is -2.45. The Morgan fingerprint density at radius 3 is 2.87 bits per heavy atom. The van der Waals surface area contributed by atoms with Gasteiger partial charge in [-0.05, 0) is 10.3 Å². The maximum atomic E-state index is 11.4. The van der Waals surface area contributed by atoms with E-state index >= 15 is 0 Å². The third-order valence-electron chi connectivity index (χ3n) is 1.68. The number of hydrogen-bond donors (Lipinski definition) is 1. The number of nitrogens with two attached hydrogens (primary N) is 1. The van der Waals surface area contributed by atoms with Crippen LogP contribution in [0.15, 0.2) is 0 Å². The van der Waals surface area contributed by atoms with Gasteiger partial charge in [0.2, 0.25) is 0 Å². The highest BCUT2D eigenvalue weighted by Crippen LogP contribution is 2.03. The molecule has 0 aliphatic rings. The average Bonchev–Trinajstić information content (AvgIpc) is 2.19. The zero-order chi connectivity index (χ0) is 11.7. The molecule has 0 saturated heterocycles. The summed E-state index contributed by atoms with van der Waals surface area (Å²) in [5.41, 5.74) is 5.79. The topological polar surface area (TPSA) is 55.6 Å². The molecule has 0 heterocycles. The van der Waals surface area contributed by atoms with Gasteiger partial charge in [-0.3, -0.25) is 4.90 Å². The van der Waals surface area contributed by atoms with E-state index in [0.717, 1.165) is 6.42 Å². The van der Waals surface area contributed by atoms with Crippen molar-refractivity contribution in [1.82, 2.24) is 4.90 Å². The first kappa shape index (κ1) is 14.1. The van der Waals surface area contributed by atoms with E-state index < -0.39 is 12.3 Å². The van der Waals surface area contributed by atoms with Crippen molar-refractivity contribution < 1.29 is 9.53 Å². The first-order valence-electron chi connectivity index (χ1n) is 4.44. The van der Waals surface area contributed by atoms with Gasteiger partial charge in [-0.1, -0.05) is 25.7 Å². The molecule has 0 aliphatic carbocycles. The highest BCUT2D eigenvalue weighted by molar-refractivity contribution is 14.1. The molecule has 82 valence electrons. The van der Waals surface area contributed by atoms with Gasteiger partial charge in [0.1, 0.15) is 6.11 Å². The second-order valence-corrected chi connectivity index (χ2v) is 3.28. The number of hydrogen-bond acceptors (Lipinski definition) is 3. The molecule has 0 bridgehead atoms. The van der Waals surface area contributed by atoms with E-state index in [1.807, 2.05) is 35.6 Å². The second kappa shape index (κ2) is 8.39. The summed E-state index contributed by atoms with van der Waals surface area (Å²) in [5, 5.41) is 0. The summed E-state index contributed by atoms with van der Waals surface area (Å²) in [4.78, 5) is 12.7. The van der Waals surface area contributed by atoms with Crippen LogP contribution >= 0.6 is 22.6 Å². The van der Waals surface area contributed by atoms with E-state index in [4.69, 9.17) is 12.2 Å². The molecule has 0 aromatic rings. The van der Waals surface area contributed by atoms with Gasteiger partial charge in [0.05, 0.1) is 12.7 Å². The predicted molar refractivity (Wildman–Crippen MR) is 66.7 cm³/mol. The summed E-state index contributed by atoms with van der Waals surface area (Å²) in [7, 11) is 0. The Morgan fingerprint density at radius 1 is 1.73 bits per heavy atom. The Morgan fingerprint density at radius 2 is 2.40 bits per heavy atom. The largest absolute Gasteiger partial charge is 0.425 e. The van der Waals surface area contributed by atoms with Crippen LogP contribution in [0.25, 0.3) is 0 Å². The summed E-state index contributed by atoms with van der Waals surface area (Å²) < 4.78 is 7.09. The highest BCUT2D eigenvalue weighted by Gasteiger charge is 2.20. The first-order valence-corrected chi connectivity index (χ1v) is 5.52. The molecule has 0 aromatic carbocycles. The monoisotopic (exact) mass is 320 g/mol. The van der Waals surface area contributed by atoms with Gasteiger partial charge in [-0.15, -0.1) is 0 Å². The minimum atomic E-state index is -0.627. The number of rotatable bonds is 4. The van der Waals surface area contributed by atoms with Crippen LogP contribution in [-0.2, 0) is 4.74 Å². The molecule has 4 nitrogen and oxygen atoms in total. The fourth-order valence-electron chi connectivity index (χ4n) is 0.993. The van der Waals surface area contributed by atoms with Crippen LogP contribution in [0, 0.1) is 22.4 Å². The first-order chi connectivity index (χ1) is 7.17. The van der Waals surface area contributed by atoms with Crippen molar-refractivity contribution >= 4 is 28.7 Å². The maximum absolute atomic E-state index is 11.4. The lowest BCUT2D eigenvalue weighted by atomic mass is 10.2. The van der Waals surface area contributed by atoms with Crippen molar-refractivity contribution in [3.05, 3.63) is 0 Å². The molecule has 0 fully saturated rings. The van der Waals surface area contributed by atoms with Gasteiger partial charge in [0.25, 0.3) is 0 Å². The van der Waals surface area contributed by atoms with E-state index in [1.165, 1.54) is 4.90 Å². The summed E-state index contributed by atoms with van der Waals surface area (Å²) in [6.07, 6.45) is 7.22. The third kappa shape index (κ3) is 5.50. The van der Waals surface area contributed by atoms with Crippen molar-refractivity contribution in [2.75, 3.05) is 6.54 Å². The molecule has 5 heteroatoms. The van der Waals surface area contributed by atoms with E-state index in [2.05, 4.69) is 14.6 Å². The molecule has 1 amide bonds. The molecule has 0 spiro atoms. The van der Waals surface area contributed by atoms with Crippen LogP contribution in [0.3, 0.4) is 0 Å². The number of amides is 1. The van der Waals surface area contributed by atoms with Gasteiger partial charge >= 0.3 is 6.09 Å². The Balaban J connectivity index is 4.47. The Kier molecular flexibility index (Phi) is 7.88. The van der Waals surface area contributed by atoms with E-state index in [1.54, 1.807) is 0 Å². The van der Waals surface area contributed by atoms with Gasteiger partial charge in [0.15, 0.2) is 0 Å². The van der Waals surface area contributed by atoms with E-state index in [9.17, 15) is 4.79 Å². The minimum absolute atomic E-state index is 0.227. The quantitative estimate of drug-likeness (QED) is 0.485. The molecule has 15 heavy (non-hydrogen) atoms. The molecule has 1 unspecified atom stereocenters. The summed E-state index contributed by atoms with van der Waals surface area (Å²) in [5.74, 6) is 2.74. The fraction of sp³-hybridized carbons (Fsp3) is 0.500. The zero-order valence-corrected chi connectivity index (χ0v) is 10.7.